The number of halogens is 1. The molecule has 9 heteroatoms. The molecule has 0 spiro atoms. The van der Waals surface area contributed by atoms with Crippen molar-refractivity contribution in [2.24, 2.45) is 0 Å². The van der Waals surface area contributed by atoms with Crippen LogP contribution in [0.2, 0.25) is 0 Å². The van der Waals surface area contributed by atoms with Crippen LogP contribution in [0.15, 0.2) is 34.7 Å². The van der Waals surface area contributed by atoms with E-state index in [-0.39, 0.29) is 22.7 Å². The van der Waals surface area contributed by atoms with Crippen molar-refractivity contribution in [2.75, 3.05) is 4.90 Å². The first-order chi connectivity index (χ1) is 13.2. The summed E-state index contributed by atoms with van der Waals surface area (Å²) in [4.78, 5) is 48.8. The number of hydrogen-bond donors (Lipinski definition) is 0. The average molecular weight is 406 g/mol. The van der Waals surface area contributed by atoms with Crippen LogP contribution in [0.25, 0.3) is 0 Å². The second-order valence-electron chi connectivity index (χ2n) is 6.15. The summed E-state index contributed by atoms with van der Waals surface area (Å²) < 4.78 is 15.6. The molecule has 3 rings (SSSR count). The van der Waals surface area contributed by atoms with E-state index >= 15 is 0 Å². The van der Waals surface area contributed by atoms with Gasteiger partial charge in [-0.3, -0.25) is 19.3 Å². The van der Waals surface area contributed by atoms with Gasteiger partial charge >= 0.3 is 17.9 Å². The number of carbonyl (C=O) groups is 4. The Morgan fingerprint density at radius 2 is 1.79 bits per heavy atom. The molecular weight excluding hydrogens is 390 g/mol. The van der Waals surface area contributed by atoms with Crippen molar-refractivity contribution >= 4 is 41.1 Å². The van der Waals surface area contributed by atoms with E-state index in [1.54, 1.807) is 6.08 Å². The lowest BCUT2D eigenvalue weighted by Gasteiger charge is -2.34. The van der Waals surface area contributed by atoms with Gasteiger partial charge in [0, 0.05) is 38.3 Å². The third kappa shape index (κ3) is 3.77. The van der Waals surface area contributed by atoms with Gasteiger partial charge in [-0.25, -0.2) is 4.79 Å². The number of rotatable bonds is 2. The van der Waals surface area contributed by atoms with Gasteiger partial charge in [0.1, 0.15) is 17.2 Å². The molecule has 0 radical (unpaired) electrons. The molecule has 1 aromatic rings. The van der Waals surface area contributed by atoms with Crippen LogP contribution in [0.5, 0.6) is 11.5 Å². The number of nitrogens with zero attached hydrogens (tertiary/aromatic N) is 1. The summed E-state index contributed by atoms with van der Waals surface area (Å²) >= 11 is 6.13. The molecule has 0 fully saturated rings. The lowest BCUT2D eigenvalue weighted by molar-refractivity contribution is -0.135. The van der Waals surface area contributed by atoms with Crippen LogP contribution in [0.3, 0.4) is 0 Å². The largest absolute Gasteiger partial charge is 0.457 e. The fourth-order valence-electron chi connectivity index (χ4n) is 2.99. The van der Waals surface area contributed by atoms with Crippen LogP contribution in [-0.2, 0) is 19.1 Å². The van der Waals surface area contributed by atoms with E-state index in [9.17, 15) is 19.2 Å². The number of esters is 3. The molecule has 1 aromatic carbocycles. The van der Waals surface area contributed by atoms with E-state index in [1.165, 1.54) is 30.9 Å². The molecule has 28 heavy (non-hydrogen) atoms. The van der Waals surface area contributed by atoms with Crippen LogP contribution in [0.1, 0.15) is 44.0 Å². The Hall–Kier alpha value is -3.13. The topological polar surface area (TPSA) is 99.2 Å². The van der Waals surface area contributed by atoms with Crippen LogP contribution in [0, 0.1) is 0 Å². The van der Waals surface area contributed by atoms with E-state index < -0.39 is 23.8 Å². The maximum Gasteiger partial charge on any atom is 0.348 e. The van der Waals surface area contributed by atoms with Crippen molar-refractivity contribution in [3.8, 4) is 11.5 Å². The van der Waals surface area contributed by atoms with E-state index in [4.69, 9.17) is 21.1 Å². The highest BCUT2D eigenvalue weighted by Gasteiger charge is 2.35. The lowest BCUT2D eigenvalue weighted by Crippen LogP contribution is -2.35. The molecule has 0 unspecified atom stereocenters. The highest BCUT2D eigenvalue weighted by atomic mass is 35.5. The summed E-state index contributed by atoms with van der Waals surface area (Å²) in [6.45, 7) is 3.59. The molecule has 0 saturated heterocycles. The number of anilines is 1. The molecule has 0 atom stereocenters. The Labute approximate surface area is 165 Å². The molecule has 0 N–H and O–H groups in total. The standard InChI is InChI=1S/C19H16ClNO7/c1-9(22)21-15-6-12(20)4-5-16(15)28-17-8-13(26-10(2)23)7-14(18(17)21)19(25)27-11(3)24/h6-8H,4-5H2,1-3H3. The van der Waals surface area contributed by atoms with Crippen molar-refractivity contribution in [1.82, 2.24) is 0 Å². The fourth-order valence-corrected chi connectivity index (χ4v) is 3.19. The molecule has 8 nitrogen and oxygen atoms in total. The number of amides is 1. The van der Waals surface area contributed by atoms with E-state index in [0.29, 0.717) is 29.3 Å². The van der Waals surface area contributed by atoms with E-state index in [0.717, 1.165) is 6.92 Å². The minimum absolute atomic E-state index is 0.0127. The first-order valence-electron chi connectivity index (χ1n) is 8.34. The number of carbonyl (C=O) groups excluding carboxylic acids is 4. The van der Waals surface area contributed by atoms with Gasteiger partial charge in [-0.15, -0.1) is 0 Å². The summed E-state index contributed by atoms with van der Waals surface area (Å²) in [5, 5.41) is 0.529. The number of allylic oxidation sites excluding steroid dienone is 3. The van der Waals surface area contributed by atoms with Crippen molar-refractivity contribution in [3.05, 3.63) is 40.3 Å². The zero-order valence-electron chi connectivity index (χ0n) is 15.3. The molecule has 2 aliphatic rings. The van der Waals surface area contributed by atoms with E-state index in [1.807, 2.05) is 0 Å². The van der Waals surface area contributed by atoms with E-state index in [2.05, 4.69) is 4.74 Å². The average Bonchev–Trinajstić information content (AvgIpc) is 2.57. The first kappa shape index (κ1) is 19.6. The number of fused-ring (bicyclic) bond motifs is 1. The minimum atomic E-state index is -1.01. The summed E-state index contributed by atoms with van der Waals surface area (Å²) in [5.74, 6) is -2.24. The fraction of sp³-hybridized carbons (Fsp3) is 0.263. The van der Waals surface area contributed by atoms with Crippen LogP contribution in [-0.4, -0.2) is 23.8 Å². The Kier molecular flexibility index (Phi) is 5.24. The lowest BCUT2D eigenvalue weighted by atomic mass is 10.0. The van der Waals surface area contributed by atoms with Gasteiger partial charge < -0.3 is 14.2 Å². The maximum atomic E-state index is 12.5. The number of hydrogen-bond acceptors (Lipinski definition) is 7. The van der Waals surface area contributed by atoms with Crippen LogP contribution < -0.4 is 14.4 Å². The van der Waals surface area contributed by atoms with Crippen LogP contribution in [0.4, 0.5) is 5.69 Å². The third-order valence-electron chi connectivity index (χ3n) is 3.95. The van der Waals surface area contributed by atoms with Crippen LogP contribution >= 0.6 is 11.6 Å². The third-order valence-corrected chi connectivity index (χ3v) is 4.25. The Morgan fingerprint density at radius 3 is 2.39 bits per heavy atom. The molecule has 1 aliphatic heterocycles. The van der Waals surface area contributed by atoms with Gasteiger partial charge in [-0.1, -0.05) is 11.6 Å². The molecule has 146 valence electrons. The summed E-state index contributed by atoms with van der Waals surface area (Å²) in [6.07, 6.45) is 2.56. The Balaban J connectivity index is 2.23. The summed E-state index contributed by atoms with van der Waals surface area (Å²) in [5.41, 5.74) is 0.310. The first-order valence-corrected chi connectivity index (χ1v) is 8.72. The molecule has 0 bridgehead atoms. The number of ether oxygens (including phenoxy) is 3. The second kappa shape index (κ2) is 7.47. The SMILES string of the molecule is CC(=O)OC(=O)c1cc(OC(C)=O)cc2c1N(C(C)=O)C1=C(CCC(Cl)=C1)O2. The smallest absolute Gasteiger partial charge is 0.348 e. The molecule has 0 aromatic heterocycles. The van der Waals surface area contributed by atoms with Gasteiger partial charge in [-0.2, -0.15) is 0 Å². The molecule has 0 saturated carbocycles. The highest BCUT2D eigenvalue weighted by molar-refractivity contribution is 6.30. The summed E-state index contributed by atoms with van der Waals surface area (Å²) in [6, 6.07) is 2.60. The molecule has 1 aliphatic carbocycles. The van der Waals surface area contributed by atoms with Gasteiger partial charge in [-0.05, 0) is 18.6 Å². The van der Waals surface area contributed by atoms with Gasteiger partial charge in [0.25, 0.3) is 0 Å². The number of benzene rings is 1. The highest BCUT2D eigenvalue weighted by Crippen LogP contribution is 2.46. The van der Waals surface area contributed by atoms with Crippen molar-refractivity contribution in [2.45, 2.75) is 33.6 Å². The normalized spacial score (nSPS) is 15.0. The Morgan fingerprint density at radius 1 is 1.07 bits per heavy atom. The maximum absolute atomic E-state index is 12.5. The van der Waals surface area contributed by atoms with Crippen molar-refractivity contribution < 1.29 is 33.4 Å². The molecule has 1 amide bonds. The quantitative estimate of drug-likeness (QED) is 0.423. The van der Waals surface area contributed by atoms with Gasteiger partial charge in [0.15, 0.2) is 5.75 Å². The zero-order chi connectivity index (χ0) is 20.6. The zero-order valence-corrected chi connectivity index (χ0v) is 16.1. The second-order valence-corrected chi connectivity index (χ2v) is 6.63. The minimum Gasteiger partial charge on any atom is -0.457 e. The van der Waals surface area contributed by atoms with Crippen molar-refractivity contribution in [3.63, 3.8) is 0 Å². The predicted molar refractivity (Wildman–Crippen MR) is 97.8 cm³/mol. The Bertz CT molecular complexity index is 977. The summed E-state index contributed by atoms with van der Waals surface area (Å²) in [7, 11) is 0. The van der Waals surface area contributed by atoms with Crippen molar-refractivity contribution in [1.29, 1.82) is 0 Å². The van der Waals surface area contributed by atoms with Gasteiger partial charge in [0.05, 0.1) is 11.3 Å². The molecular formula is C19H16ClNO7. The monoisotopic (exact) mass is 405 g/mol. The predicted octanol–water partition coefficient (Wildman–Crippen LogP) is 3.19. The molecule has 1 heterocycles. The van der Waals surface area contributed by atoms with Gasteiger partial charge in [0.2, 0.25) is 5.91 Å².